The average Bonchev–Trinajstić information content (AvgIpc) is 2.73. The van der Waals surface area contributed by atoms with Gasteiger partial charge in [-0.25, -0.2) is 9.97 Å². The Morgan fingerprint density at radius 2 is 1.89 bits per heavy atom. The number of ether oxygens (including phenoxy) is 2. The van der Waals surface area contributed by atoms with Crippen molar-refractivity contribution in [2.45, 2.75) is 6.92 Å². The molecule has 3 rings (SSSR count). The van der Waals surface area contributed by atoms with Crippen LogP contribution in [0.25, 0.3) is 0 Å². The highest BCUT2D eigenvalue weighted by Gasteiger charge is 2.22. The van der Waals surface area contributed by atoms with Gasteiger partial charge in [0.15, 0.2) is 0 Å². The minimum Gasteiger partial charge on any atom is -0.497 e. The smallest absolute Gasteiger partial charge is 0.272 e. The van der Waals surface area contributed by atoms with E-state index in [1.165, 1.54) is 6.33 Å². The van der Waals surface area contributed by atoms with Crippen LogP contribution in [0, 0.1) is 0 Å². The Kier molecular flexibility index (Phi) is 6.08. The molecule has 27 heavy (non-hydrogen) atoms. The van der Waals surface area contributed by atoms with Gasteiger partial charge in [-0.1, -0.05) is 6.92 Å². The van der Waals surface area contributed by atoms with Gasteiger partial charge in [-0.15, -0.1) is 0 Å². The molecule has 0 unspecified atom stereocenters. The SMILES string of the molecule is CCN1CCN(C(=O)c2cc(Nc3ccc(OC)cc3OC)ncn2)CC1. The topological polar surface area (TPSA) is 79.8 Å². The van der Waals surface area contributed by atoms with E-state index in [9.17, 15) is 4.79 Å². The summed E-state index contributed by atoms with van der Waals surface area (Å²) in [4.78, 5) is 25.3. The first kappa shape index (κ1) is 18.9. The van der Waals surface area contributed by atoms with E-state index < -0.39 is 0 Å². The largest absolute Gasteiger partial charge is 0.497 e. The van der Waals surface area contributed by atoms with Crippen LogP contribution in [-0.4, -0.2) is 72.6 Å². The maximum absolute atomic E-state index is 12.8. The second-order valence-corrected chi connectivity index (χ2v) is 6.21. The van der Waals surface area contributed by atoms with Crippen LogP contribution in [0.4, 0.5) is 11.5 Å². The molecule has 0 saturated carbocycles. The zero-order valence-corrected chi connectivity index (χ0v) is 15.9. The van der Waals surface area contributed by atoms with Gasteiger partial charge >= 0.3 is 0 Å². The standard InChI is InChI=1S/C19H25N5O3/c1-4-23-7-9-24(10-8-23)19(25)16-12-18(21-13-20-16)22-15-6-5-14(26-2)11-17(15)27-3/h5-6,11-13H,4,7-10H2,1-3H3,(H,20,21,22). The van der Waals surface area contributed by atoms with E-state index in [1.807, 2.05) is 17.0 Å². The Hall–Kier alpha value is -2.87. The minimum absolute atomic E-state index is 0.0714. The van der Waals surface area contributed by atoms with Gasteiger partial charge in [0, 0.05) is 38.3 Å². The van der Waals surface area contributed by atoms with Gasteiger partial charge in [-0.05, 0) is 18.7 Å². The third kappa shape index (κ3) is 4.46. The van der Waals surface area contributed by atoms with Crippen LogP contribution in [-0.2, 0) is 0 Å². The molecule has 144 valence electrons. The van der Waals surface area contributed by atoms with Crippen molar-refractivity contribution in [3.05, 3.63) is 36.3 Å². The molecule has 1 aliphatic rings. The molecular weight excluding hydrogens is 346 g/mol. The zero-order valence-electron chi connectivity index (χ0n) is 15.9. The molecule has 2 aromatic rings. The lowest BCUT2D eigenvalue weighted by molar-refractivity contribution is 0.0637. The predicted octanol–water partition coefficient (Wildman–Crippen LogP) is 2.02. The molecule has 0 spiro atoms. The summed E-state index contributed by atoms with van der Waals surface area (Å²) in [6.45, 7) is 6.35. The Morgan fingerprint density at radius 3 is 2.56 bits per heavy atom. The molecule has 1 amide bonds. The number of hydrogen-bond acceptors (Lipinski definition) is 7. The minimum atomic E-state index is -0.0714. The van der Waals surface area contributed by atoms with Crippen LogP contribution >= 0.6 is 0 Å². The number of anilines is 2. The number of rotatable bonds is 6. The molecule has 1 aromatic heterocycles. The maximum Gasteiger partial charge on any atom is 0.272 e. The van der Waals surface area contributed by atoms with Crippen LogP contribution in [0.1, 0.15) is 17.4 Å². The highest BCUT2D eigenvalue weighted by atomic mass is 16.5. The number of nitrogens with one attached hydrogen (secondary N) is 1. The van der Waals surface area contributed by atoms with E-state index in [4.69, 9.17) is 9.47 Å². The van der Waals surface area contributed by atoms with Gasteiger partial charge in [0.1, 0.15) is 29.3 Å². The summed E-state index contributed by atoms with van der Waals surface area (Å²) in [5.41, 5.74) is 1.11. The normalized spacial score (nSPS) is 14.7. The number of benzene rings is 1. The van der Waals surface area contributed by atoms with Crippen molar-refractivity contribution in [2.75, 3.05) is 52.3 Å². The van der Waals surface area contributed by atoms with Crippen LogP contribution < -0.4 is 14.8 Å². The van der Waals surface area contributed by atoms with Gasteiger partial charge in [0.25, 0.3) is 5.91 Å². The van der Waals surface area contributed by atoms with Crippen molar-refractivity contribution < 1.29 is 14.3 Å². The van der Waals surface area contributed by atoms with Crippen molar-refractivity contribution in [3.63, 3.8) is 0 Å². The number of methoxy groups -OCH3 is 2. The number of piperazine rings is 1. The molecule has 0 aliphatic carbocycles. The Morgan fingerprint density at radius 1 is 1.11 bits per heavy atom. The summed E-state index contributed by atoms with van der Waals surface area (Å²) in [6, 6.07) is 7.11. The summed E-state index contributed by atoms with van der Waals surface area (Å²) >= 11 is 0. The number of hydrogen-bond donors (Lipinski definition) is 1. The maximum atomic E-state index is 12.8. The van der Waals surface area contributed by atoms with Gasteiger partial charge in [0.2, 0.25) is 0 Å². The van der Waals surface area contributed by atoms with Crippen molar-refractivity contribution in [2.24, 2.45) is 0 Å². The van der Waals surface area contributed by atoms with Gasteiger partial charge in [-0.3, -0.25) is 4.79 Å². The van der Waals surface area contributed by atoms with E-state index in [2.05, 4.69) is 27.1 Å². The molecule has 2 heterocycles. The molecule has 1 N–H and O–H groups in total. The lowest BCUT2D eigenvalue weighted by Gasteiger charge is -2.33. The van der Waals surface area contributed by atoms with Crippen molar-refractivity contribution >= 4 is 17.4 Å². The van der Waals surface area contributed by atoms with Crippen LogP contribution in [0.3, 0.4) is 0 Å². The number of nitrogens with zero attached hydrogens (tertiary/aromatic N) is 4. The fourth-order valence-corrected chi connectivity index (χ4v) is 3.01. The van der Waals surface area contributed by atoms with Gasteiger partial charge < -0.3 is 24.6 Å². The molecular formula is C19H25N5O3. The molecule has 0 bridgehead atoms. The summed E-state index contributed by atoms with van der Waals surface area (Å²) in [5.74, 6) is 1.78. The van der Waals surface area contributed by atoms with Crippen LogP contribution in [0.2, 0.25) is 0 Å². The van der Waals surface area contributed by atoms with E-state index in [0.717, 1.165) is 25.3 Å². The van der Waals surface area contributed by atoms with Crippen LogP contribution in [0.5, 0.6) is 11.5 Å². The quantitative estimate of drug-likeness (QED) is 0.832. The number of aromatic nitrogens is 2. The van der Waals surface area contributed by atoms with E-state index in [-0.39, 0.29) is 5.91 Å². The molecule has 1 aromatic carbocycles. The second-order valence-electron chi connectivity index (χ2n) is 6.21. The van der Waals surface area contributed by atoms with Crippen molar-refractivity contribution in [1.29, 1.82) is 0 Å². The van der Waals surface area contributed by atoms with Crippen LogP contribution in [0.15, 0.2) is 30.6 Å². The molecule has 8 nitrogen and oxygen atoms in total. The molecule has 1 saturated heterocycles. The fraction of sp³-hybridized carbons (Fsp3) is 0.421. The highest BCUT2D eigenvalue weighted by molar-refractivity contribution is 5.93. The second kappa shape index (κ2) is 8.68. The summed E-state index contributed by atoms with van der Waals surface area (Å²) in [7, 11) is 3.19. The third-order valence-electron chi connectivity index (χ3n) is 4.66. The summed E-state index contributed by atoms with van der Waals surface area (Å²) in [5, 5.41) is 3.18. The van der Waals surface area contributed by atoms with Gasteiger partial charge in [-0.2, -0.15) is 0 Å². The van der Waals surface area contributed by atoms with Crippen molar-refractivity contribution in [1.82, 2.24) is 19.8 Å². The molecule has 0 radical (unpaired) electrons. The zero-order chi connectivity index (χ0) is 19.2. The molecule has 0 atom stereocenters. The first-order valence-corrected chi connectivity index (χ1v) is 8.97. The number of amides is 1. The fourth-order valence-electron chi connectivity index (χ4n) is 3.01. The first-order valence-electron chi connectivity index (χ1n) is 8.97. The number of carbonyl (C=O) groups is 1. The van der Waals surface area contributed by atoms with E-state index in [1.54, 1.807) is 26.4 Å². The Bertz CT molecular complexity index is 791. The average molecular weight is 371 g/mol. The molecule has 1 aliphatic heterocycles. The number of likely N-dealkylation sites (N-methyl/N-ethyl adjacent to an activating group) is 1. The van der Waals surface area contributed by atoms with Gasteiger partial charge in [0.05, 0.1) is 19.9 Å². The Labute approximate surface area is 159 Å². The van der Waals surface area contributed by atoms with Crippen molar-refractivity contribution in [3.8, 4) is 11.5 Å². The Balaban J connectivity index is 1.73. The lowest BCUT2D eigenvalue weighted by Crippen LogP contribution is -2.48. The van der Waals surface area contributed by atoms with E-state index in [0.29, 0.717) is 36.1 Å². The third-order valence-corrected chi connectivity index (χ3v) is 4.66. The monoisotopic (exact) mass is 371 g/mol. The summed E-state index contributed by atoms with van der Waals surface area (Å²) < 4.78 is 10.6. The highest BCUT2D eigenvalue weighted by Crippen LogP contribution is 2.31. The summed E-state index contributed by atoms with van der Waals surface area (Å²) in [6.07, 6.45) is 1.40. The lowest BCUT2D eigenvalue weighted by atomic mass is 10.2. The first-order chi connectivity index (χ1) is 13.1. The molecule has 1 fully saturated rings. The van der Waals surface area contributed by atoms with E-state index >= 15 is 0 Å². The predicted molar refractivity (Wildman–Crippen MR) is 103 cm³/mol. The number of carbonyl (C=O) groups excluding carboxylic acids is 1. The molecule has 8 heteroatoms.